The fourth-order valence-electron chi connectivity index (χ4n) is 8.69. The van der Waals surface area contributed by atoms with Gasteiger partial charge in [0.25, 0.3) is 0 Å². The Hall–Kier alpha value is -4.57. The van der Waals surface area contributed by atoms with Crippen LogP contribution in [0.25, 0.3) is 34.0 Å². The van der Waals surface area contributed by atoms with Gasteiger partial charge in [-0.1, -0.05) is 84.0 Å². The SMILES string of the molecule is CNc1ccc(S(=O)(=O)NCCSSCCNS(=O)(=O)c2ccc3c(c2)C(C)(C)C(/C=C/c2c(C)n(C)c4ccccc24)=[N+]3C)cc1C(C)(C)C/C=C/c1c(C)[nH]c2ccccc12. The van der Waals surface area contributed by atoms with Gasteiger partial charge in [0.1, 0.15) is 7.05 Å². The molecule has 2 aromatic heterocycles. The Balaban J connectivity index is 0.895. The van der Waals surface area contributed by atoms with Crippen LogP contribution in [0.4, 0.5) is 11.4 Å². The van der Waals surface area contributed by atoms with Crippen molar-refractivity contribution < 1.29 is 21.4 Å². The lowest BCUT2D eigenvalue weighted by Crippen LogP contribution is -2.28. The number of hydrogen-bond acceptors (Lipinski definition) is 7. The van der Waals surface area contributed by atoms with Gasteiger partial charge in [-0.05, 0) is 93.6 Å². The third kappa shape index (κ3) is 9.48. The Bertz CT molecular complexity index is 3010. The molecule has 10 nitrogen and oxygen atoms in total. The maximum absolute atomic E-state index is 13.5. The van der Waals surface area contributed by atoms with E-state index in [0.29, 0.717) is 17.9 Å². The maximum Gasteiger partial charge on any atom is 0.240 e. The Morgan fingerprint density at radius 2 is 1.41 bits per heavy atom. The summed E-state index contributed by atoms with van der Waals surface area (Å²) >= 11 is 0. The molecule has 0 unspecified atom stereocenters. The quantitative estimate of drug-likeness (QED) is 0.0384. The van der Waals surface area contributed by atoms with E-state index in [9.17, 15) is 16.8 Å². The third-order valence-electron chi connectivity index (χ3n) is 12.4. The van der Waals surface area contributed by atoms with E-state index < -0.39 is 25.5 Å². The van der Waals surface area contributed by atoms with Gasteiger partial charge in [0.2, 0.25) is 25.7 Å². The predicted molar refractivity (Wildman–Crippen MR) is 268 cm³/mol. The zero-order valence-corrected chi connectivity index (χ0v) is 40.9. The fraction of sp³-hybridized carbons (Fsp3) is 0.327. The van der Waals surface area contributed by atoms with Gasteiger partial charge in [0.15, 0.2) is 5.71 Å². The number of benzene rings is 4. The molecule has 4 N–H and O–H groups in total. The van der Waals surface area contributed by atoms with Crippen molar-refractivity contribution in [2.45, 2.75) is 68.6 Å². The van der Waals surface area contributed by atoms with Crippen LogP contribution in [0.5, 0.6) is 0 Å². The molecule has 7 rings (SSSR count). The van der Waals surface area contributed by atoms with E-state index in [1.54, 1.807) is 24.3 Å². The van der Waals surface area contributed by atoms with E-state index in [2.05, 4.69) is 138 Å². The van der Waals surface area contributed by atoms with Crippen LogP contribution in [0.15, 0.2) is 107 Å². The third-order valence-corrected chi connectivity index (χ3v) is 17.7. The molecule has 0 aliphatic carbocycles. The molecule has 0 bridgehead atoms. The molecule has 0 spiro atoms. The summed E-state index contributed by atoms with van der Waals surface area (Å²) in [4.78, 5) is 3.90. The van der Waals surface area contributed by atoms with E-state index in [4.69, 9.17) is 0 Å². The molecule has 0 atom stereocenters. The van der Waals surface area contributed by atoms with Crippen LogP contribution < -0.4 is 14.8 Å². The second-order valence-corrected chi connectivity index (χ2v) is 23.5. The van der Waals surface area contributed by atoms with Gasteiger partial charge < -0.3 is 14.9 Å². The van der Waals surface area contributed by atoms with Crippen LogP contribution in [-0.4, -0.2) is 75.4 Å². The minimum absolute atomic E-state index is 0.219. The molecule has 6 aromatic rings. The van der Waals surface area contributed by atoms with Crippen LogP contribution in [0.2, 0.25) is 0 Å². The van der Waals surface area contributed by atoms with Crippen molar-refractivity contribution in [1.82, 2.24) is 19.0 Å². The highest BCUT2D eigenvalue weighted by molar-refractivity contribution is 8.76. The van der Waals surface area contributed by atoms with Crippen LogP contribution in [0.1, 0.15) is 67.8 Å². The lowest BCUT2D eigenvalue weighted by molar-refractivity contribution is -0.401. The van der Waals surface area contributed by atoms with Gasteiger partial charge in [-0.25, -0.2) is 26.3 Å². The topological polar surface area (TPSA) is 128 Å². The van der Waals surface area contributed by atoms with Gasteiger partial charge in [-0.2, -0.15) is 4.58 Å². The van der Waals surface area contributed by atoms with Gasteiger partial charge in [-0.3, -0.25) is 0 Å². The number of para-hydroxylation sites is 2. The molecule has 14 heteroatoms. The van der Waals surface area contributed by atoms with Gasteiger partial charge in [-0.15, -0.1) is 0 Å². The molecule has 1 aliphatic rings. The molecular formula is C49H59N6O4S4+. The molecular weight excluding hydrogens is 865 g/mol. The lowest BCUT2D eigenvalue weighted by Gasteiger charge is -2.27. The van der Waals surface area contributed by atoms with Crippen molar-refractivity contribution in [1.29, 1.82) is 0 Å². The highest BCUT2D eigenvalue weighted by atomic mass is 33.1. The first-order valence-corrected chi connectivity index (χ1v) is 26.6. The number of anilines is 1. The number of sulfonamides is 2. The number of H-pyrrole nitrogens is 1. The standard InChI is InChI=1S/C49H59N6O4S4/c1-33-37(39-15-10-12-18-43(39)53-33)17-14-26-48(3,4)41-31-35(20-23-44(41)50-7)62(56,57)51-27-29-60-61-30-28-52-63(58,59)36-21-24-46-42(32-36)49(5,6)47(55(46)9)25-22-38-34(2)54(8)45-19-13-11-16-40(38)45/h10-25,31-32,50-53H,26-30H2,1-9H3/q+1/b17-14+. The van der Waals surface area contributed by atoms with Crippen LogP contribution in [-0.2, 0) is 37.9 Å². The van der Waals surface area contributed by atoms with Crippen molar-refractivity contribution >= 4 is 92.7 Å². The van der Waals surface area contributed by atoms with E-state index in [0.717, 1.165) is 45.0 Å². The lowest BCUT2D eigenvalue weighted by atomic mass is 9.80. The number of fused-ring (bicyclic) bond motifs is 3. The molecule has 332 valence electrons. The fourth-order valence-corrected chi connectivity index (χ4v) is 12.9. The molecule has 0 amide bonds. The van der Waals surface area contributed by atoms with Crippen LogP contribution >= 0.6 is 21.6 Å². The highest BCUT2D eigenvalue weighted by Crippen LogP contribution is 2.41. The number of allylic oxidation sites excluding steroid dienone is 2. The molecule has 0 saturated heterocycles. The average Bonchev–Trinajstić information content (AvgIpc) is 3.78. The number of hydrogen-bond donors (Lipinski definition) is 4. The van der Waals surface area contributed by atoms with Gasteiger partial charge >= 0.3 is 0 Å². The van der Waals surface area contributed by atoms with Crippen molar-refractivity contribution in [3.63, 3.8) is 0 Å². The number of aromatic amines is 1. The molecule has 0 saturated carbocycles. The summed E-state index contributed by atoms with van der Waals surface area (Å²) in [7, 11) is 1.43. The largest absolute Gasteiger partial charge is 0.388 e. The summed E-state index contributed by atoms with van der Waals surface area (Å²) in [5.41, 5.74) is 10.9. The van der Waals surface area contributed by atoms with Crippen LogP contribution in [0, 0.1) is 13.8 Å². The number of nitrogens with zero attached hydrogens (tertiary/aromatic N) is 2. The zero-order valence-electron chi connectivity index (χ0n) is 37.6. The van der Waals surface area contributed by atoms with Crippen molar-refractivity contribution in [3.8, 4) is 0 Å². The molecule has 3 heterocycles. The molecule has 1 aliphatic heterocycles. The molecule has 63 heavy (non-hydrogen) atoms. The first-order chi connectivity index (χ1) is 29.9. The van der Waals surface area contributed by atoms with Gasteiger partial charge in [0.05, 0.1) is 15.2 Å². The minimum Gasteiger partial charge on any atom is -0.388 e. The number of aromatic nitrogens is 2. The number of aryl methyl sites for hydroxylation is 2. The second-order valence-electron chi connectivity index (χ2n) is 17.3. The van der Waals surface area contributed by atoms with E-state index in [-0.39, 0.29) is 28.3 Å². The maximum atomic E-state index is 13.5. The number of nitrogens with one attached hydrogen (secondary N) is 4. The summed E-state index contributed by atoms with van der Waals surface area (Å²) in [5.74, 6) is 1.03. The van der Waals surface area contributed by atoms with Crippen molar-refractivity contribution in [3.05, 3.63) is 131 Å². The summed E-state index contributed by atoms with van der Waals surface area (Å²) in [5, 5.41) is 5.62. The van der Waals surface area contributed by atoms with Crippen molar-refractivity contribution in [2.24, 2.45) is 7.05 Å². The number of rotatable bonds is 18. The molecule has 4 aromatic carbocycles. The molecule has 0 radical (unpaired) electrons. The van der Waals surface area contributed by atoms with Gasteiger partial charge in [0, 0.05) is 106 Å². The zero-order chi connectivity index (χ0) is 45.3. The Labute approximate surface area is 381 Å². The normalized spacial score (nSPS) is 14.6. The first kappa shape index (κ1) is 46.4. The Morgan fingerprint density at radius 1 is 0.794 bits per heavy atom. The predicted octanol–water partition coefficient (Wildman–Crippen LogP) is 10.1. The van der Waals surface area contributed by atoms with Crippen LogP contribution in [0.3, 0.4) is 0 Å². The highest BCUT2D eigenvalue weighted by Gasteiger charge is 2.43. The smallest absolute Gasteiger partial charge is 0.240 e. The summed E-state index contributed by atoms with van der Waals surface area (Å²) in [6.07, 6.45) is 9.35. The monoisotopic (exact) mass is 923 g/mol. The Morgan fingerprint density at radius 3 is 2.10 bits per heavy atom. The van der Waals surface area contributed by atoms with E-state index in [1.807, 2.05) is 38.4 Å². The summed E-state index contributed by atoms with van der Waals surface area (Å²) < 4.78 is 63.8. The molecule has 0 fully saturated rings. The first-order valence-electron chi connectivity index (χ1n) is 21.1. The summed E-state index contributed by atoms with van der Waals surface area (Å²) in [6, 6.07) is 27.2. The van der Waals surface area contributed by atoms with E-state index >= 15 is 0 Å². The summed E-state index contributed by atoms with van der Waals surface area (Å²) in [6.45, 7) is 13.2. The second kappa shape index (κ2) is 18.5. The minimum atomic E-state index is -3.77. The Kier molecular flexibility index (Phi) is 13.6. The van der Waals surface area contributed by atoms with Crippen molar-refractivity contribution in [2.75, 3.05) is 44.0 Å². The van der Waals surface area contributed by atoms with E-state index in [1.165, 1.54) is 49.1 Å². The average molecular weight is 924 g/mol.